The maximum Gasteiger partial charge on any atom is 0.197 e. The van der Waals surface area contributed by atoms with Crippen molar-refractivity contribution in [1.29, 1.82) is 0 Å². The molecular weight excluding hydrogens is 552 g/mol. The zero-order valence-electron chi connectivity index (χ0n) is 21.0. The summed E-state index contributed by atoms with van der Waals surface area (Å²) in [5.41, 5.74) is -2.68. The van der Waals surface area contributed by atoms with Crippen molar-refractivity contribution in [3.05, 3.63) is 45.6 Å². The third-order valence-electron chi connectivity index (χ3n) is 7.42. The van der Waals surface area contributed by atoms with Crippen LogP contribution in [0.5, 0.6) is 23.0 Å². The van der Waals surface area contributed by atoms with Gasteiger partial charge in [0, 0.05) is 11.6 Å². The van der Waals surface area contributed by atoms with Crippen LogP contribution in [0.3, 0.4) is 0 Å². The smallest absolute Gasteiger partial charge is 0.197 e. The number of ether oxygens (including phenoxy) is 2. The van der Waals surface area contributed by atoms with Crippen LogP contribution < -0.4 is 5.43 Å². The molecule has 2 aromatic carbocycles. The molecule has 222 valence electrons. The number of benzene rings is 2. The van der Waals surface area contributed by atoms with Crippen LogP contribution >= 0.6 is 0 Å². The average molecular weight is 580 g/mol. The lowest BCUT2D eigenvalue weighted by atomic mass is 9.85. The van der Waals surface area contributed by atoms with Gasteiger partial charge in [-0.15, -0.1) is 0 Å². The Bertz CT molecular complexity index is 1520. The predicted octanol–water partition coefficient (Wildman–Crippen LogP) is -2.05. The highest BCUT2D eigenvalue weighted by molar-refractivity contribution is 5.92. The van der Waals surface area contributed by atoms with Gasteiger partial charge in [-0.2, -0.15) is 0 Å². The summed E-state index contributed by atoms with van der Waals surface area (Å²) in [5, 5.41) is 114. The number of hydrogen-bond donors (Lipinski definition) is 11. The number of phenolic OH excluding ortho intramolecular Hbond substituents is 4. The van der Waals surface area contributed by atoms with Crippen LogP contribution in [0.2, 0.25) is 0 Å². The van der Waals surface area contributed by atoms with Crippen molar-refractivity contribution in [3.63, 3.8) is 0 Å². The second kappa shape index (κ2) is 10.7. The van der Waals surface area contributed by atoms with Gasteiger partial charge in [0.25, 0.3) is 0 Å². The molecule has 2 saturated heterocycles. The summed E-state index contributed by atoms with van der Waals surface area (Å²) in [5.74, 6) is -3.21. The van der Waals surface area contributed by atoms with Gasteiger partial charge in [0.15, 0.2) is 22.5 Å². The fraction of sp³-hybridized carbons (Fsp3) is 0.423. The molecule has 11 N–H and O–H groups in total. The monoisotopic (exact) mass is 580 g/mol. The number of fused-ring (bicyclic) bond motifs is 1. The maximum absolute atomic E-state index is 13.4. The van der Waals surface area contributed by atoms with Crippen molar-refractivity contribution in [3.8, 4) is 34.3 Å². The average Bonchev–Trinajstić information content (AvgIpc) is 2.93. The van der Waals surface area contributed by atoms with Gasteiger partial charge in [-0.25, -0.2) is 0 Å². The summed E-state index contributed by atoms with van der Waals surface area (Å²) >= 11 is 0. The molecule has 2 fully saturated rings. The summed E-state index contributed by atoms with van der Waals surface area (Å²) in [6, 6.07) is 4.34. The fourth-order valence-electron chi connectivity index (χ4n) is 5.16. The van der Waals surface area contributed by atoms with E-state index in [1.807, 2.05) is 0 Å². The molecule has 15 heteroatoms. The van der Waals surface area contributed by atoms with E-state index in [4.69, 9.17) is 13.9 Å². The van der Waals surface area contributed by atoms with Crippen LogP contribution in [-0.2, 0) is 9.47 Å². The van der Waals surface area contributed by atoms with E-state index in [-0.39, 0.29) is 11.3 Å². The molecule has 1 aromatic heterocycles. The third-order valence-corrected chi connectivity index (χ3v) is 7.42. The largest absolute Gasteiger partial charge is 0.507 e. The zero-order chi connectivity index (χ0) is 29.9. The molecule has 3 heterocycles. The molecule has 15 nitrogen and oxygen atoms in total. The van der Waals surface area contributed by atoms with Crippen molar-refractivity contribution in [2.24, 2.45) is 0 Å². The van der Waals surface area contributed by atoms with Gasteiger partial charge in [0.1, 0.15) is 77.6 Å². The minimum atomic E-state index is -2.00. The molecule has 9 atom stereocenters. The van der Waals surface area contributed by atoms with E-state index in [1.165, 1.54) is 6.07 Å². The van der Waals surface area contributed by atoms with Crippen molar-refractivity contribution < 1.29 is 70.1 Å². The van der Waals surface area contributed by atoms with Crippen LogP contribution in [0.4, 0.5) is 0 Å². The highest BCUT2D eigenvalue weighted by Crippen LogP contribution is 2.50. The Balaban J connectivity index is 1.82. The summed E-state index contributed by atoms with van der Waals surface area (Å²) in [4.78, 5) is 13.4. The van der Waals surface area contributed by atoms with Crippen LogP contribution in [0, 0.1) is 0 Å². The van der Waals surface area contributed by atoms with Crippen LogP contribution in [-0.4, -0.2) is 112 Å². The predicted molar refractivity (Wildman–Crippen MR) is 134 cm³/mol. The van der Waals surface area contributed by atoms with Crippen molar-refractivity contribution in [2.45, 2.75) is 54.9 Å². The van der Waals surface area contributed by atoms with Gasteiger partial charge >= 0.3 is 0 Å². The van der Waals surface area contributed by atoms with Gasteiger partial charge in [-0.1, -0.05) is 0 Å². The second-order valence-electron chi connectivity index (χ2n) is 9.96. The number of hydrogen-bond acceptors (Lipinski definition) is 15. The van der Waals surface area contributed by atoms with Gasteiger partial charge in [-0.3, -0.25) is 4.79 Å². The first-order chi connectivity index (χ1) is 19.4. The summed E-state index contributed by atoms with van der Waals surface area (Å²) in [7, 11) is 0. The highest BCUT2D eigenvalue weighted by Gasteiger charge is 2.48. The van der Waals surface area contributed by atoms with E-state index in [9.17, 15) is 61.0 Å². The molecule has 0 spiro atoms. The molecule has 2 aliphatic heterocycles. The molecule has 41 heavy (non-hydrogen) atoms. The van der Waals surface area contributed by atoms with E-state index < -0.39 is 119 Å². The standard InChI is InChI=1S/C26H28O15/c27-5-13-18(33)21(36)23(38)26(41-13)16-20(35)15(25-22(37)17(32)11(31)6-39-25)19(34)14-10(30)4-12(40-24(14)16)7-1-2-8(28)9(29)3-7/h1-4,11,13,17-18,21-23,25-29,31-38H,5-6H2/t11-,13+,17-,18+,21-,22+,23+,25-,26-/m0/s1. The van der Waals surface area contributed by atoms with Crippen LogP contribution in [0.25, 0.3) is 22.3 Å². The SMILES string of the molecule is O=c1cc(-c2ccc(O)c(O)c2)oc2c([C@@H]3O[C@H](CO)[C@@H](O)[C@H](O)[C@H]3O)c(O)c([C@@H]3OC[C@H](O)[C@H](O)[C@H]3O)c(O)c12. The number of phenols is 4. The molecule has 0 saturated carbocycles. The van der Waals surface area contributed by atoms with Gasteiger partial charge in [0.2, 0.25) is 0 Å². The molecule has 2 aliphatic rings. The van der Waals surface area contributed by atoms with Crippen LogP contribution in [0.15, 0.2) is 33.5 Å². The normalized spacial score (nSPS) is 32.3. The lowest BCUT2D eigenvalue weighted by Gasteiger charge is -2.41. The summed E-state index contributed by atoms with van der Waals surface area (Å²) in [6.07, 6.45) is -16.0. The number of aliphatic hydroxyl groups is 7. The number of aromatic hydroxyl groups is 4. The summed E-state index contributed by atoms with van der Waals surface area (Å²) < 4.78 is 16.8. The Kier molecular flexibility index (Phi) is 7.58. The molecule has 3 aromatic rings. The number of rotatable bonds is 4. The zero-order valence-corrected chi connectivity index (χ0v) is 21.0. The van der Waals surface area contributed by atoms with Crippen LogP contribution in [0.1, 0.15) is 23.3 Å². The Morgan fingerprint density at radius 3 is 2.10 bits per heavy atom. The maximum atomic E-state index is 13.4. The molecule has 0 amide bonds. The molecule has 0 unspecified atom stereocenters. The number of aliphatic hydroxyl groups excluding tert-OH is 7. The highest BCUT2D eigenvalue weighted by atomic mass is 16.5. The lowest BCUT2D eigenvalue weighted by molar-refractivity contribution is -0.231. The molecule has 0 bridgehead atoms. The van der Waals surface area contributed by atoms with E-state index in [0.717, 1.165) is 18.2 Å². The molecular formula is C26H28O15. The lowest BCUT2D eigenvalue weighted by Crippen LogP contribution is -2.55. The van der Waals surface area contributed by atoms with E-state index in [0.29, 0.717) is 0 Å². The third kappa shape index (κ3) is 4.66. The summed E-state index contributed by atoms with van der Waals surface area (Å²) in [6.45, 7) is -1.39. The van der Waals surface area contributed by atoms with E-state index in [1.54, 1.807) is 0 Å². The first-order valence-corrected chi connectivity index (χ1v) is 12.4. The fourth-order valence-corrected chi connectivity index (χ4v) is 5.16. The second-order valence-corrected chi connectivity index (χ2v) is 9.96. The minimum absolute atomic E-state index is 0.0604. The minimum Gasteiger partial charge on any atom is -0.507 e. The molecule has 0 radical (unpaired) electrons. The quantitative estimate of drug-likeness (QED) is 0.148. The Morgan fingerprint density at radius 1 is 0.756 bits per heavy atom. The van der Waals surface area contributed by atoms with Gasteiger partial charge < -0.3 is 70.1 Å². The van der Waals surface area contributed by atoms with Crippen molar-refractivity contribution in [1.82, 2.24) is 0 Å². The topological polar surface area (TPSA) is 271 Å². The Labute approximate surface area is 229 Å². The van der Waals surface area contributed by atoms with Gasteiger partial charge in [0.05, 0.1) is 24.3 Å². The first-order valence-electron chi connectivity index (χ1n) is 12.4. The van der Waals surface area contributed by atoms with Crippen molar-refractivity contribution in [2.75, 3.05) is 13.2 Å². The van der Waals surface area contributed by atoms with E-state index in [2.05, 4.69) is 0 Å². The first kappa shape index (κ1) is 29.0. The van der Waals surface area contributed by atoms with Crippen molar-refractivity contribution >= 4 is 11.0 Å². The van der Waals surface area contributed by atoms with E-state index >= 15 is 0 Å². The molecule has 0 aliphatic carbocycles. The Hall–Kier alpha value is -3.51. The molecule has 5 rings (SSSR count). The van der Waals surface area contributed by atoms with Gasteiger partial charge in [-0.05, 0) is 18.2 Å². The Morgan fingerprint density at radius 2 is 1.44 bits per heavy atom.